The van der Waals surface area contributed by atoms with Crippen molar-refractivity contribution in [3.05, 3.63) is 64.3 Å². The molecular formula is C23H25ClN2O. The SMILES string of the molecule is COc1cccc(C23CCN(C)CC2Cc2c([nH]c4cccc(Cl)c24)C3)c1. The third-order valence-corrected chi connectivity index (χ3v) is 7.12. The highest BCUT2D eigenvalue weighted by atomic mass is 35.5. The van der Waals surface area contributed by atoms with E-state index in [9.17, 15) is 0 Å². The Kier molecular flexibility index (Phi) is 3.99. The summed E-state index contributed by atoms with van der Waals surface area (Å²) >= 11 is 6.58. The van der Waals surface area contributed by atoms with Crippen LogP contribution in [0.4, 0.5) is 0 Å². The molecule has 3 nitrogen and oxygen atoms in total. The van der Waals surface area contributed by atoms with Crippen molar-refractivity contribution in [2.24, 2.45) is 5.92 Å². The molecule has 5 rings (SSSR count). The number of ether oxygens (including phenoxy) is 1. The topological polar surface area (TPSA) is 28.3 Å². The number of nitrogens with one attached hydrogen (secondary N) is 1. The van der Waals surface area contributed by atoms with Crippen LogP contribution >= 0.6 is 11.6 Å². The summed E-state index contributed by atoms with van der Waals surface area (Å²) in [4.78, 5) is 6.17. The first-order valence-corrected chi connectivity index (χ1v) is 10.1. The number of aromatic nitrogens is 1. The Morgan fingerprint density at radius 1 is 1.22 bits per heavy atom. The number of fused-ring (bicyclic) bond motifs is 4. The van der Waals surface area contributed by atoms with Crippen LogP contribution in [0.15, 0.2) is 42.5 Å². The molecule has 2 aliphatic rings. The van der Waals surface area contributed by atoms with Crippen LogP contribution in [-0.2, 0) is 18.3 Å². The highest BCUT2D eigenvalue weighted by Gasteiger charge is 2.47. The van der Waals surface area contributed by atoms with Gasteiger partial charge < -0.3 is 14.6 Å². The lowest BCUT2D eigenvalue weighted by molar-refractivity contribution is 0.0994. The smallest absolute Gasteiger partial charge is 0.119 e. The fourth-order valence-electron chi connectivity index (χ4n) is 5.41. The molecule has 27 heavy (non-hydrogen) atoms. The van der Waals surface area contributed by atoms with Crippen molar-refractivity contribution in [3.8, 4) is 5.75 Å². The Morgan fingerprint density at radius 2 is 2.07 bits per heavy atom. The molecule has 0 bridgehead atoms. The van der Waals surface area contributed by atoms with E-state index in [1.807, 2.05) is 18.2 Å². The van der Waals surface area contributed by atoms with Crippen LogP contribution in [0.1, 0.15) is 23.2 Å². The van der Waals surface area contributed by atoms with E-state index in [-0.39, 0.29) is 5.41 Å². The lowest BCUT2D eigenvalue weighted by atomic mass is 9.59. The van der Waals surface area contributed by atoms with Gasteiger partial charge in [0, 0.05) is 28.6 Å². The van der Waals surface area contributed by atoms with Crippen LogP contribution in [-0.4, -0.2) is 37.1 Å². The quantitative estimate of drug-likeness (QED) is 0.690. The largest absolute Gasteiger partial charge is 0.497 e. The van der Waals surface area contributed by atoms with Crippen molar-refractivity contribution in [1.29, 1.82) is 0 Å². The average Bonchev–Trinajstić information content (AvgIpc) is 3.04. The van der Waals surface area contributed by atoms with Crippen molar-refractivity contribution in [1.82, 2.24) is 9.88 Å². The van der Waals surface area contributed by atoms with Gasteiger partial charge in [-0.2, -0.15) is 0 Å². The second-order valence-electron chi connectivity index (χ2n) is 8.22. The molecule has 140 valence electrons. The highest BCUT2D eigenvalue weighted by molar-refractivity contribution is 6.35. The Labute approximate surface area is 165 Å². The molecule has 2 heterocycles. The van der Waals surface area contributed by atoms with Gasteiger partial charge >= 0.3 is 0 Å². The summed E-state index contributed by atoms with van der Waals surface area (Å²) < 4.78 is 5.54. The van der Waals surface area contributed by atoms with E-state index in [1.165, 1.54) is 34.1 Å². The lowest BCUT2D eigenvalue weighted by Gasteiger charge is -2.50. The van der Waals surface area contributed by atoms with Gasteiger partial charge in [0.1, 0.15) is 5.75 Å². The monoisotopic (exact) mass is 380 g/mol. The minimum absolute atomic E-state index is 0.154. The summed E-state index contributed by atoms with van der Waals surface area (Å²) in [5, 5.41) is 2.09. The van der Waals surface area contributed by atoms with E-state index < -0.39 is 0 Å². The number of hydrogen-bond acceptors (Lipinski definition) is 2. The standard InChI is InChI=1S/C23H25ClN2O/c1-26-10-9-23(15-5-3-6-17(11-15)27-2)13-21-18(12-16(23)14-26)22-19(24)7-4-8-20(22)25-21/h3-8,11,16,25H,9-10,12-14H2,1-2H3. The number of hydrogen-bond donors (Lipinski definition) is 1. The molecule has 1 aromatic heterocycles. The number of rotatable bonds is 2. The van der Waals surface area contributed by atoms with E-state index in [0.717, 1.165) is 36.7 Å². The summed E-state index contributed by atoms with van der Waals surface area (Å²) in [6.45, 7) is 2.25. The van der Waals surface area contributed by atoms with Gasteiger partial charge in [-0.15, -0.1) is 0 Å². The van der Waals surface area contributed by atoms with Crippen molar-refractivity contribution in [2.45, 2.75) is 24.7 Å². The molecule has 0 saturated carbocycles. The Hall–Kier alpha value is -1.97. The molecule has 1 saturated heterocycles. The molecule has 1 aliphatic heterocycles. The van der Waals surface area contributed by atoms with Gasteiger partial charge in [0.2, 0.25) is 0 Å². The van der Waals surface area contributed by atoms with Crippen LogP contribution in [0.2, 0.25) is 5.02 Å². The first-order valence-electron chi connectivity index (χ1n) is 9.72. The predicted octanol–water partition coefficient (Wildman–Crippen LogP) is 4.82. The van der Waals surface area contributed by atoms with Gasteiger partial charge in [0.05, 0.1) is 12.1 Å². The number of benzene rings is 2. The first-order chi connectivity index (χ1) is 13.1. The predicted molar refractivity (Wildman–Crippen MR) is 111 cm³/mol. The summed E-state index contributed by atoms with van der Waals surface area (Å²) in [6, 6.07) is 14.9. The van der Waals surface area contributed by atoms with Gasteiger partial charge in [-0.1, -0.05) is 29.8 Å². The lowest BCUT2D eigenvalue weighted by Crippen LogP contribution is -2.52. The number of aromatic amines is 1. The minimum atomic E-state index is 0.154. The summed E-state index contributed by atoms with van der Waals surface area (Å²) in [5.74, 6) is 1.52. The average molecular weight is 381 g/mol. The molecule has 2 aromatic carbocycles. The van der Waals surface area contributed by atoms with E-state index in [4.69, 9.17) is 16.3 Å². The van der Waals surface area contributed by atoms with E-state index >= 15 is 0 Å². The van der Waals surface area contributed by atoms with Crippen molar-refractivity contribution < 1.29 is 4.74 Å². The molecule has 1 aliphatic carbocycles. The van der Waals surface area contributed by atoms with Crippen molar-refractivity contribution >= 4 is 22.5 Å². The first kappa shape index (κ1) is 17.2. The third kappa shape index (κ3) is 2.60. The molecule has 2 atom stereocenters. The normalized spacial score (nSPS) is 25.2. The zero-order valence-electron chi connectivity index (χ0n) is 15.9. The molecule has 1 fully saturated rings. The van der Waals surface area contributed by atoms with Crippen LogP contribution in [0.3, 0.4) is 0 Å². The molecule has 2 unspecified atom stereocenters. The Morgan fingerprint density at radius 3 is 2.93 bits per heavy atom. The second kappa shape index (κ2) is 6.29. The summed E-state index contributed by atoms with van der Waals surface area (Å²) in [6.07, 6.45) is 3.28. The van der Waals surface area contributed by atoms with Gasteiger partial charge in [-0.3, -0.25) is 0 Å². The minimum Gasteiger partial charge on any atom is -0.497 e. The fraction of sp³-hybridized carbons (Fsp3) is 0.391. The Bertz CT molecular complexity index is 1010. The summed E-state index contributed by atoms with van der Waals surface area (Å²) in [7, 11) is 3.99. The number of H-pyrrole nitrogens is 1. The number of likely N-dealkylation sites (tertiary alicyclic amines) is 1. The van der Waals surface area contributed by atoms with Crippen molar-refractivity contribution in [3.63, 3.8) is 0 Å². The molecule has 3 aromatic rings. The Balaban J connectivity index is 1.68. The number of nitrogens with zero attached hydrogens (tertiary/aromatic N) is 1. The zero-order valence-corrected chi connectivity index (χ0v) is 16.6. The highest BCUT2D eigenvalue weighted by Crippen LogP contribution is 2.50. The summed E-state index contributed by atoms with van der Waals surface area (Å²) in [5.41, 5.74) is 5.52. The number of halogens is 1. The fourth-order valence-corrected chi connectivity index (χ4v) is 5.69. The van der Waals surface area contributed by atoms with Crippen molar-refractivity contribution in [2.75, 3.05) is 27.2 Å². The van der Waals surface area contributed by atoms with E-state index in [0.29, 0.717) is 5.92 Å². The maximum atomic E-state index is 6.58. The molecule has 0 amide bonds. The van der Waals surface area contributed by atoms with Crippen LogP contribution < -0.4 is 4.74 Å². The van der Waals surface area contributed by atoms with Crippen LogP contribution in [0.5, 0.6) is 5.75 Å². The molecule has 0 spiro atoms. The maximum Gasteiger partial charge on any atom is 0.119 e. The second-order valence-corrected chi connectivity index (χ2v) is 8.63. The van der Waals surface area contributed by atoms with Gasteiger partial charge in [0.15, 0.2) is 0 Å². The van der Waals surface area contributed by atoms with E-state index in [2.05, 4.69) is 41.2 Å². The number of piperidine rings is 1. The molecular weight excluding hydrogens is 356 g/mol. The molecule has 4 heteroatoms. The third-order valence-electron chi connectivity index (χ3n) is 6.81. The van der Waals surface area contributed by atoms with Crippen LogP contribution in [0, 0.1) is 5.92 Å². The maximum absolute atomic E-state index is 6.58. The zero-order chi connectivity index (χ0) is 18.6. The van der Waals surface area contributed by atoms with Gasteiger partial charge in [-0.05, 0) is 74.2 Å². The van der Waals surface area contributed by atoms with E-state index in [1.54, 1.807) is 7.11 Å². The van der Waals surface area contributed by atoms with Gasteiger partial charge in [0.25, 0.3) is 0 Å². The molecule has 0 radical (unpaired) electrons. The molecule has 1 N–H and O–H groups in total. The van der Waals surface area contributed by atoms with Gasteiger partial charge in [-0.25, -0.2) is 0 Å². The van der Waals surface area contributed by atoms with Crippen LogP contribution in [0.25, 0.3) is 10.9 Å². The number of methoxy groups -OCH3 is 1.